The molecule has 1 heterocycles. The SMILES string of the molecule is Cl.O.O.O=C1NC(=O)C2CCCCC12. The zero-order valence-electron chi connectivity index (χ0n) is 7.71. The van der Waals surface area contributed by atoms with Gasteiger partial charge in [-0.25, -0.2) is 0 Å². The molecule has 2 aliphatic rings. The van der Waals surface area contributed by atoms with Gasteiger partial charge in [0.05, 0.1) is 0 Å². The molecule has 6 heteroatoms. The fourth-order valence-electron chi connectivity index (χ4n) is 2.07. The lowest BCUT2D eigenvalue weighted by Crippen LogP contribution is -2.21. The van der Waals surface area contributed by atoms with Crippen LogP contribution in [0.4, 0.5) is 0 Å². The van der Waals surface area contributed by atoms with Crippen LogP contribution in [-0.2, 0) is 9.59 Å². The number of imide groups is 1. The molecule has 14 heavy (non-hydrogen) atoms. The molecule has 84 valence electrons. The highest BCUT2D eigenvalue weighted by Gasteiger charge is 2.42. The van der Waals surface area contributed by atoms with Crippen molar-refractivity contribution in [2.24, 2.45) is 11.8 Å². The van der Waals surface area contributed by atoms with Crippen LogP contribution < -0.4 is 5.32 Å². The Labute approximate surface area is 88.3 Å². The van der Waals surface area contributed by atoms with Crippen molar-refractivity contribution >= 4 is 24.2 Å². The Hall–Kier alpha value is -0.650. The summed E-state index contributed by atoms with van der Waals surface area (Å²) in [4.78, 5) is 22.2. The van der Waals surface area contributed by atoms with Gasteiger partial charge in [0.25, 0.3) is 0 Å². The molecule has 2 unspecified atom stereocenters. The molecule has 1 saturated carbocycles. The van der Waals surface area contributed by atoms with E-state index < -0.39 is 0 Å². The molecule has 0 spiro atoms. The van der Waals surface area contributed by atoms with Gasteiger partial charge in [0.15, 0.2) is 0 Å². The second kappa shape index (κ2) is 5.95. The maximum atomic E-state index is 11.1. The quantitative estimate of drug-likeness (QED) is 0.546. The Morgan fingerprint density at radius 1 is 0.929 bits per heavy atom. The summed E-state index contributed by atoms with van der Waals surface area (Å²) in [6.07, 6.45) is 4.01. The topological polar surface area (TPSA) is 109 Å². The third-order valence-electron chi connectivity index (χ3n) is 2.69. The van der Waals surface area contributed by atoms with E-state index in [0.29, 0.717) is 0 Å². The summed E-state index contributed by atoms with van der Waals surface area (Å²) < 4.78 is 0. The number of carbonyl (C=O) groups excluding carboxylic acids is 2. The van der Waals surface area contributed by atoms with Crippen LogP contribution in [0.2, 0.25) is 0 Å². The van der Waals surface area contributed by atoms with Crippen molar-refractivity contribution < 1.29 is 20.5 Å². The number of carbonyl (C=O) groups is 2. The fraction of sp³-hybridized carbons (Fsp3) is 0.750. The molecule has 5 N–H and O–H groups in total. The van der Waals surface area contributed by atoms with E-state index in [2.05, 4.69) is 5.32 Å². The molecule has 0 bridgehead atoms. The van der Waals surface area contributed by atoms with Crippen molar-refractivity contribution in [2.75, 3.05) is 0 Å². The first-order valence-electron chi connectivity index (χ1n) is 4.14. The van der Waals surface area contributed by atoms with Crippen molar-refractivity contribution in [3.63, 3.8) is 0 Å². The third-order valence-corrected chi connectivity index (χ3v) is 2.69. The number of nitrogens with one attached hydrogen (secondary N) is 1. The van der Waals surface area contributed by atoms with Crippen molar-refractivity contribution in [1.82, 2.24) is 5.32 Å². The van der Waals surface area contributed by atoms with E-state index in [-0.39, 0.29) is 47.0 Å². The van der Waals surface area contributed by atoms with E-state index in [4.69, 9.17) is 0 Å². The third kappa shape index (κ3) is 2.43. The molecular weight excluding hydrogens is 210 g/mol. The number of halogens is 1. The summed E-state index contributed by atoms with van der Waals surface area (Å²) in [7, 11) is 0. The Balaban J connectivity index is 0. The molecule has 5 nitrogen and oxygen atoms in total. The van der Waals surface area contributed by atoms with Gasteiger partial charge in [-0.1, -0.05) is 12.8 Å². The van der Waals surface area contributed by atoms with Crippen molar-refractivity contribution in [1.29, 1.82) is 0 Å². The van der Waals surface area contributed by atoms with Gasteiger partial charge in [-0.3, -0.25) is 14.9 Å². The number of rotatable bonds is 0. The molecule has 0 aromatic rings. The van der Waals surface area contributed by atoms with Crippen LogP contribution in [0.15, 0.2) is 0 Å². The highest BCUT2D eigenvalue weighted by atomic mass is 35.5. The predicted molar refractivity (Wildman–Crippen MR) is 53.1 cm³/mol. The maximum Gasteiger partial charge on any atom is 0.230 e. The van der Waals surface area contributed by atoms with Crippen LogP contribution in [0.1, 0.15) is 25.7 Å². The summed E-state index contributed by atoms with van der Waals surface area (Å²) in [5, 5.41) is 2.38. The maximum absolute atomic E-state index is 11.1. The number of hydrogen-bond acceptors (Lipinski definition) is 2. The van der Waals surface area contributed by atoms with Gasteiger partial charge in [-0.15, -0.1) is 12.4 Å². The second-order valence-electron chi connectivity index (χ2n) is 3.35. The monoisotopic (exact) mass is 225 g/mol. The predicted octanol–water partition coefficient (Wildman–Crippen LogP) is -0.778. The molecular formula is C8H16ClNO4. The lowest BCUT2D eigenvalue weighted by Gasteiger charge is -2.19. The summed E-state index contributed by atoms with van der Waals surface area (Å²) in [6, 6.07) is 0. The summed E-state index contributed by atoms with van der Waals surface area (Å²) in [5.74, 6) is -0.0631. The van der Waals surface area contributed by atoms with Gasteiger partial charge >= 0.3 is 0 Å². The minimum absolute atomic E-state index is 0. The second-order valence-corrected chi connectivity index (χ2v) is 3.35. The average molecular weight is 226 g/mol. The van der Waals surface area contributed by atoms with Crippen LogP contribution in [0.25, 0.3) is 0 Å². The highest BCUT2D eigenvalue weighted by molar-refractivity contribution is 6.05. The van der Waals surface area contributed by atoms with Crippen LogP contribution in [-0.4, -0.2) is 22.8 Å². The molecule has 1 aliphatic carbocycles. The summed E-state index contributed by atoms with van der Waals surface area (Å²) >= 11 is 0. The first-order valence-corrected chi connectivity index (χ1v) is 4.14. The van der Waals surface area contributed by atoms with E-state index in [1.165, 1.54) is 0 Å². The molecule has 0 radical (unpaired) electrons. The molecule has 0 aromatic heterocycles. The largest absolute Gasteiger partial charge is 0.412 e. The van der Waals surface area contributed by atoms with Crippen LogP contribution in [0.3, 0.4) is 0 Å². The molecule has 0 aromatic carbocycles. The minimum atomic E-state index is -0.0419. The smallest absolute Gasteiger partial charge is 0.230 e. The van der Waals surface area contributed by atoms with Gasteiger partial charge in [-0.2, -0.15) is 0 Å². The minimum Gasteiger partial charge on any atom is -0.412 e. The Bertz CT molecular complexity index is 199. The van der Waals surface area contributed by atoms with Crippen molar-refractivity contribution in [2.45, 2.75) is 25.7 Å². The lowest BCUT2D eigenvalue weighted by atomic mass is 9.81. The number of hydrogen-bond donors (Lipinski definition) is 1. The van der Waals surface area contributed by atoms with Crippen LogP contribution >= 0.6 is 12.4 Å². The van der Waals surface area contributed by atoms with Gasteiger partial charge in [-0.05, 0) is 12.8 Å². The van der Waals surface area contributed by atoms with Crippen molar-refractivity contribution in [3.05, 3.63) is 0 Å². The van der Waals surface area contributed by atoms with E-state index in [1.54, 1.807) is 0 Å². The van der Waals surface area contributed by atoms with E-state index >= 15 is 0 Å². The van der Waals surface area contributed by atoms with E-state index in [1.807, 2.05) is 0 Å². The van der Waals surface area contributed by atoms with Gasteiger partial charge < -0.3 is 11.0 Å². The van der Waals surface area contributed by atoms with Gasteiger partial charge in [0, 0.05) is 11.8 Å². The highest BCUT2D eigenvalue weighted by Crippen LogP contribution is 2.33. The number of fused-ring (bicyclic) bond motifs is 1. The van der Waals surface area contributed by atoms with Gasteiger partial charge in [0.2, 0.25) is 11.8 Å². The van der Waals surface area contributed by atoms with E-state index in [9.17, 15) is 9.59 Å². The molecule has 2 rings (SSSR count). The van der Waals surface area contributed by atoms with Crippen molar-refractivity contribution in [3.8, 4) is 0 Å². The molecule has 2 atom stereocenters. The lowest BCUT2D eigenvalue weighted by molar-refractivity contribution is -0.126. The van der Waals surface area contributed by atoms with Crippen LogP contribution in [0, 0.1) is 11.8 Å². The molecule has 1 saturated heterocycles. The van der Waals surface area contributed by atoms with E-state index in [0.717, 1.165) is 25.7 Å². The fourth-order valence-corrected chi connectivity index (χ4v) is 2.07. The van der Waals surface area contributed by atoms with Crippen LogP contribution in [0.5, 0.6) is 0 Å². The average Bonchev–Trinajstić information content (AvgIpc) is 2.30. The summed E-state index contributed by atoms with van der Waals surface area (Å²) in [5.41, 5.74) is 0. The standard InChI is InChI=1S/C8H11NO2.ClH.2H2O/c10-7-5-3-1-2-4-6(5)8(11)9-7;;;/h5-6H,1-4H2,(H,9,10,11);1H;2*1H2. The molecule has 2 amide bonds. The molecule has 1 aliphatic heterocycles. The Morgan fingerprint density at radius 3 is 1.64 bits per heavy atom. The normalized spacial score (nSPS) is 28.9. The number of amides is 2. The first-order chi connectivity index (χ1) is 5.29. The zero-order valence-corrected chi connectivity index (χ0v) is 8.52. The first kappa shape index (κ1) is 15.8. The Kier molecular flexibility index (Phi) is 6.72. The van der Waals surface area contributed by atoms with Gasteiger partial charge in [0.1, 0.15) is 0 Å². The summed E-state index contributed by atoms with van der Waals surface area (Å²) in [6.45, 7) is 0. The molecule has 2 fully saturated rings. The Morgan fingerprint density at radius 2 is 1.29 bits per heavy atom. The zero-order chi connectivity index (χ0) is 7.84.